The van der Waals surface area contributed by atoms with Crippen molar-refractivity contribution in [1.29, 1.82) is 0 Å². The van der Waals surface area contributed by atoms with Gasteiger partial charge in [-0.15, -0.1) is 0 Å². The van der Waals surface area contributed by atoms with E-state index in [1.165, 1.54) is 6.07 Å². The maximum absolute atomic E-state index is 12.8. The minimum absolute atomic E-state index is 0.00712. The summed E-state index contributed by atoms with van der Waals surface area (Å²) in [5.74, 6) is -3.26. The largest absolute Gasteiger partial charge is 0.507 e. The Labute approximate surface area is 235 Å². The van der Waals surface area contributed by atoms with E-state index in [9.17, 15) is 55.9 Å². The maximum Gasteiger partial charge on any atom is 0.238 e. The van der Waals surface area contributed by atoms with Crippen molar-refractivity contribution in [2.45, 2.75) is 55.3 Å². The molecule has 2 aromatic carbocycles. The lowest BCUT2D eigenvalue weighted by Crippen LogP contribution is -2.61. The molecule has 0 spiro atoms. The van der Waals surface area contributed by atoms with Gasteiger partial charge >= 0.3 is 0 Å². The molecule has 5 rings (SSSR count). The summed E-state index contributed by atoms with van der Waals surface area (Å²) in [6.07, 6.45) is -14.4. The molecule has 2 aliphatic heterocycles. The second kappa shape index (κ2) is 11.5. The molecule has 0 saturated carbocycles. The van der Waals surface area contributed by atoms with Crippen LogP contribution in [-0.4, -0.2) is 120 Å². The average Bonchev–Trinajstić information content (AvgIpc) is 2.95. The summed E-state index contributed by atoms with van der Waals surface area (Å²) in [5, 5.41) is 101. The molecule has 0 amide bonds. The maximum atomic E-state index is 12.8. The molecule has 3 heterocycles. The normalized spacial score (nSPS) is 31.7. The van der Waals surface area contributed by atoms with Gasteiger partial charge in [-0.3, -0.25) is 4.79 Å². The zero-order valence-corrected chi connectivity index (χ0v) is 21.4. The van der Waals surface area contributed by atoms with Crippen molar-refractivity contribution in [3.8, 4) is 40.1 Å². The summed E-state index contributed by atoms with van der Waals surface area (Å²) in [5.41, 5.74) is -1.32. The van der Waals surface area contributed by atoms with Crippen LogP contribution in [0.3, 0.4) is 0 Å². The number of fused-ring (bicyclic) bond motifs is 1. The van der Waals surface area contributed by atoms with Crippen molar-refractivity contribution in [2.24, 2.45) is 0 Å². The first-order valence-corrected chi connectivity index (χ1v) is 12.6. The fourth-order valence-corrected chi connectivity index (χ4v) is 4.59. The third kappa shape index (κ3) is 5.42. The third-order valence-corrected chi connectivity index (χ3v) is 6.96. The molecule has 42 heavy (non-hydrogen) atoms. The molecule has 10 N–H and O–H groups in total. The predicted molar refractivity (Wildman–Crippen MR) is 136 cm³/mol. The van der Waals surface area contributed by atoms with Gasteiger partial charge in [0.2, 0.25) is 17.5 Å². The Kier molecular flexibility index (Phi) is 8.17. The van der Waals surface area contributed by atoms with Gasteiger partial charge in [-0.2, -0.15) is 0 Å². The SMILES string of the molecule is O=c1c(O)c(-c2ccc(O)c(O)c2)oc2cc(O[C@H]3O[C@H](CO[C@@H]4OC[C@H](O)[C@H](O)[C@H]4O)[C@@H](O)[C@H](O)[C@H]3O)cc(O)c12. The summed E-state index contributed by atoms with van der Waals surface area (Å²) in [4.78, 5) is 12.8. The van der Waals surface area contributed by atoms with Crippen molar-refractivity contribution in [3.63, 3.8) is 0 Å². The Bertz CT molecular complexity index is 1510. The third-order valence-electron chi connectivity index (χ3n) is 6.96. The molecule has 16 heteroatoms. The number of hydrogen-bond acceptors (Lipinski definition) is 16. The molecule has 3 aromatic rings. The topological polar surface area (TPSA) is 269 Å². The highest BCUT2D eigenvalue weighted by Crippen LogP contribution is 2.38. The van der Waals surface area contributed by atoms with Crippen molar-refractivity contribution in [1.82, 2.24) is 0 Å². The van der Waals surface area contributed by atoms with Gasteiger partial charge in [0.05, 0.1) is 13.2 Å². The van der Waals surface area contributed by atoms with E-state index in [-0.39, 0.29) is 23.5 Å². The molecule has 16 nitrogen and oxygen atoms in total. The predicted octanol–water partition coefficient (Wildman–Crippen LogP) is -2.08. The Morgan fingerprint density at radius 1 is 0.786 bits per heavy atom. The van der Waals surface area contributed by atoms with Crippen LogP contribution < -0.4 is 10.2 Å². The molecule has 0 bridgehead atoms. The first kappa shape index (κ1) is 29.8. The Morgan fingerprint density at radius 3 is 2.21 bits per heavy atom. The van der Waals surface area contributed by atoms with Crippen LogP contribution in [0.4, 0.5) is 0 Å². The Balaban J connectivity index is 1.39. The second-order valence-electron chi connectivity index (χ2n) is 9.84. The van der Waals surface area contributed by atoms with Crippen LogP contribution in [0.1, 0.15) is 0 Å². The van der Waals surface area contributed by atoms with E-state index in [0.717, 1.165) is 24.3 Å². The molecule has 0 aliphatic carbocycles. The number of phenols is 3. The smallest absolute Gasteiger partial charge is 0.238 e. The fraction of sp³-hybridized carbons (Fsp3) is 0.423. The number of hydrogen-bond donors (Lipinski definition) is 10. The highest BCUT2D eigenvalue weighted by Gasteiger charge is 2.46. The summed E-state index contributed by atoms with van der Waals surface area (Å²) < 4.78 is 27.2. The molecule has 2 aliphatic rings. The lowest BCUT2D eigenvalue weighted by Gasteiger charge is -2.41. The number of benzene rings is 2. The van der Waals surface area contributed by atoms with Crippen LogP contribution in [0.5, 0.6) is 28.7 Å². The van der Waals surface area contributed by atoms with E-state index in [2.05, 4.69) is 0 Å². The molecule has 2 saturated heterocycles. The summed E-state index contributed by atoms with van der Waals surface area (Å²) >= 11 is 0. The van der Waals surface area contributed by atoms with Crippen molar-refractivity contribution in [2.75, 3.05) is 13.2 Å². The quantitative estimate of drug-likeness (QED) is 0.137. The van der Waals surface area contributed by atoms with E-state index in [4.69, 9.17) is 23.4 Å². The van der Waals surface area contributed by atoms with Gasteiger partial charge < -0.3 is 74.4 Å². The van der Waals surface area contributed by atoms with Crippen LogP contribution >= 0.6 is 0 Å². The molecule has 0 unspecified atom stereocenters. The van der Waals surface area contributed by atoms with E-state index >= 15 is 0 Å². The van der Waals surface area contributed by atoms with Gasteiger partial charge in [0.25, 0.3) is 0 Å². The molecule has 9 atom stereocenters. The van der Waals surface area contributed by atoms with Gasteiger partial charge in [0.15, 0.2) is 23.5 Å². The first-order chi connectivity index (χ1) is 19.9. The monoisotopic (exact) mass is 596 g/mol. The molecule has 2 fully saturated rings. The standard InChI is InChI=1S/C26H28O16/c27-10-2-1-8(3-11(10)28)24-21(35)19(33)16-12(29)4-9(5-14(16)41-24)40-26-23(37)20(34)18(32)15(42-26)7-39-25-22(36)17(31)13(30)6-38-25/h1-5,13,15,17-18,20,22-23,25-32,34-37H,6-7H2/t13-,15+,17-,18+,20-,22+,23+,25-,26-/m0/s1. The van der Waals surface area contributed by atoms with Crippen LogP contribution in [0, 0.1) is 0 Å². The van der Waals surface area contributed by atoms with Gasteiger partial charge in [-0.25, -0.2) is 0 Å². The van der Waals surface area contributed by atoms with Crippen molar-refractivity contribution < 1.29 is 74.4 Å². The van der Waals surface area contributed by atoms with Crippen LogP contribution in [0.25, 0.3) is 22.3 Å². The average molecular weight is 596 g/mol. The van der Waals surface area contributed by atoms with Gasteiger partial charge in [0.1, 0.15) is 65.2 Å². The second-order valence-corrected chi connectivity index (χ2v) is 9.84. The zero-order chi connectivity index (χ0) is 30.5. The van der Waals surface area contributed by atoms with Crippen LogP contribution in [0.15, 0.2) is 39.5 Å². The van der Waals surface area contributed by atoms with Gasteiger partial charge in [-0.1, -0.05) is 0 Å². The summed E-state index contributed by atoms with van der Waals surface area (Å²) in [6, 6.07) is 5.43. The number of aliphatic hydroxyl groups is 6. The summed E-state index contributed by atoms with van der Waals surface area (Å²) in [6.45, 7) is -0.881. The van der Waals surface area contributed by atoms with Crippen LogP contribution in [0.2, 0.25) is 0 Å². The number of aliphatic hydroxyl groups excluding tert-OH is 6. The Morgan fingerprint density at radius 2 is 1.50 bits per heavy atom. The van der Waals surface area contributed by atoms with Crippen molar-refractivity contribution in [3.05, 3.63) is 40.6 Å². The van der Waals surface area contributed by atoms with Crippen molar-refractivity contribution >= 4 is 11.0 Å². The number of ether oxygens (including phenoxy) is 4. The van der Waals surface area contributed by atoms with Crippen LogP contribution in [-0.2, 0) is 14.2 Å². The highest BCUT2D eigenvalue weighted by molar-refractivity contribution is 5.88. The van der Waals surface area contributed by atoms with Gasteiger partial charge in [-0.05, 0) is 18.2 Å². The van der Waals surface area contributed by atoms with E-state index in [1.54, 1.807) is 0 Å². The zero-order valence-electron chi connectivity index (χ0n) is 21.4. The lowest BCUT2D eigenvalue weighted by atomic mass is 9.99. The molecular weight excluding hydrogens is 568 g/mol. The number of rotatable bonds is 6. The van der Waals surface area contributed by atoms with E-state index < -0.39 is 101 Å². The Hall–Kier alpha value is -3.71. The lowest BCUT2D eigenvalue weighted by molar-refractivity contribution is -0.307. The minimum atomic E-state index is -1.83. The summed E-state index contributed by atoms with van der Waals surface area (Å²) in [7, 11) is 0. The van der Waals surface area contributed by atoms with Gasteiger partial charge in [0, 0.05) is 17.7 Å². The highest BCUT2D eigenvalue weighted by atomic mass is 16.7. The molecule has 1 aromatic heterocycles. The number of phenolic OH excluding ortho intramolecular Hbond substituents is 3. The molecular formula is C26H28O16. The molecule has 0 radical (unpaired) electrons. The minimum Gasteiger partial charge on any atom is -0.507 e. The molecule has 228 valence electrons. The fourth-order valence-electron chi connectivity index (χ4n) is 4.59. The number of aromatic hydroxyl groups is 4. The van der Waals surface area contributed by atoms with E-state index in [1.807, 2.05) is 0 Å². The van der Waals surface area contributed by atoms with E-state index in [0.29, 0.717) is 0 Å². The first-order valence-electron chi connectivity index (χ1n) is 12.6.